The molecule has 0 unspecified atom stereocenters. The lowest BCUT2D eigenvalue weighted by Crippen LogP contribution is -2.09. The molecule has 1 nitrogen and oxygen atoms in total. The van der Waals surface area contributed by atoms with Gasteiger partial charge in [0.15, 0.2) is 0 Å². The van der Waals surface area contributed by atoms with Gasteiger partial charge in [0, 0.05) is 6.54 Å². The Morgan fingerprint density at radius 2 is 1.92 bits per heavy atom. The fourth-order valence-corrected chi connectivity index (χ4v) is 2.37. The highest BCUT2D eigenvalue weighted by atomic mass is 14.9. The molecule has 1 heterocycles. The third-order valence-electron chi connectivity index (χ3n) is 3.01. The molecule has 1 N–H and O–H groups in total. The van der Waals surface area contributed by atoms with Crippen molar-refractivity contribution in [2.24, 2.45) is 0 Å². The van der Waals surface area contributed by atoms with Gasteiger partial charge in [-0.15, -0.1) is 0 Å². The Labute approximate surface area is 80.2 Å². The Hall–Kier alpha value is -0.820. The first-order valence-electron chi connectivity index (χ1n) is 5.06. The minimum atomic E-state index is 0.751. The molecule has 70 valence electrons. The van der Waals surface area contributed by atoms with Crippen LogP contribution in [0.1, 0.15) is 29.0 Å². The van der Waals surface area contributed by atoms with Crippen LogP contribution in [-0.2, 0) is 0 Å². The van der Waals surface area contributed by atoms with Gasteiger partial charge in [0.05, 0.1) is 0 Å². The third kappa shape index (κ3) is 1.61. The second-order valence-electron chi connectivity index (χ2n) is 4.00. The Morgan fingerprint density at radius 1 is 1.23 bits per heavy atom. The van der Waals surface area contributed by atoms with E-state index in [0.717, 1.165) is 12.5 Å². The summed E-state index contributed by atoms with van der Waals surface area (Å²) in [6, 6.07) is 6.60. The largest absolute Gasteiger partial charge is 0.316 e. The van der Waals surface area contributed by atoms with Crippen LogP contribution in [0.3, 0.4) is 0 Å². The lowest BCUT2D eigenvalue weighted by atomic mass is 9.90. The molecule has 1 atom stereocenters. The number of hydrogen-bond acceptors (Lipinski definition) is 1. The zero-order valence-electron chi connectivity index (χ0n) is 8.43. The van der Waals surface area contributed by atoms with Gasteiger partial charge in [0.1, 0.15) is 0 Å². The van der Waals surface area contributed by atoms with Crippen LogP contribution in [0.5, 0.6) is 0 Å². The number of rotatable bonds is 1. The van der Waals surface area contributed by atoms with E-state index in [0.29, 0.717) is 0 Å². The Bertz CT molecular complexity index is 278. The van der Waals surface area contributed by atoms with Gasteiger partial charge in [-0.05, 0) is 49.4 Å². The molecule has 0 radical (unpaired) electrons. The van der Waals surface area contributed by atoms with Crippen molar-refractivity contribution < 1.29 is 0 Å². The van der Waals surface area contributed by atoms with Gasteiger partial charge in [-0.3, -0.25) is 0 Å². The molecule has 1 aliphatic rings. The molecular formula is C12H17N. The molecule has 1 aromatic rings. The SMILES string of the molecule is Cc1cccc(C)c1[C@@H]1CCNC1. The fraction of sp³-hybridized carbons (Fsp3) is 0.500. The molecule has 0 spiro atoms. The Balaban J connectivity index is 2.37. The summed E-state index contributed by atoms with van der Waals surface area (Å²) in [6.07, 6.45) is 1.30. The molecule has 1 heteroatoms. The number of nitrogens with one attached hydrogen (secondary N) is 1. The molecule has 1 saturated heterocycles. The summed E-state index contributed by atoms with van der Waals surface area (Å²) in [5.41, 5.74) is 4.48. The van der Waals surface area contributed by atoms with Gasteiger partial charge in [0.2, 0.25) is 0 Å². The molecule has 0 aromatic heterocycles. The monoisotopic (exact) mass is 175 g/mol. The van der Waals surface area contributed by atoms with Crippen LogP contribution in [0.25, 0.3) is 0 Å². The summed E-state index contributed by atoms with van der Waals surface area (Å²) in [5.74, 6) is 0.751. The van der Waals surface area contributed by atoms with Gasteiger partial charge in [0.25, 0.3) is 0 Å². The normalized spacial score (nSPS) is 22.2. The van der Waals surface area contributed by atoms with E-state index in [-0.39, 0.29) is 0 Å². The summed E-state index contributed by atoms with van der Waals surface area (Å²) in [5, 5.41) is 3.43. The first-order chi connectivity index (χ1) is 6.29. The molecule has 2 rings (SSSR count). The van der Waals surface area contributed by atoms with Crippen LogP contribution >= 0.6 is 0 Å². The minimum absolute atomic E-state index is 0.751. The van der Waals surface area contributed by atoms with E-state index in [1.54, 1.807) is 5.56 Å². The Kier molecular flexibility index (Phi) is 2.36. The summed E-state index contributed by atoms with van der Waals surface area (Å²) in [4.78, 5) is 0. The summed E-state index contributed by atoms with van der Waals surface area (Å²) >= 11 is 0. The van der Waals surface area contributed by atoms with Crippen LogP contribution in [0.15, 0.2) is 18.2 Å². The van der Waals surface area contributed by atoms with E-state index >= 15 is 0 Å². The van der Waals surface area contributed by atoms with Crippen LogP contribution in [0.2, 0.25) is 0 Å². The van der Waals surface area contributed by atoms with E-state index in [1.807, 2.05) is 0 Å². The van der Waals surface area contributed by atoms with Crippen molar-refractivity contribution in [3.63, 3.8) is 0 Å². The van der Waals surface area contributed by atoms with E-state index in [1.165, 1.54) is 24.1 Å². The van der Waals surface area contributed by atoms with E-state index in [2.05, 4.69) is 37.4 Å². The van der Waals surface area contributed by atoms with Crippen molar-refractivity contribution >= 4 is 0 Å². The average molecular weight is 175 g/mol. The minimum Gasteiger partial charge on any atom is -0.316 e. The number of benzene rings is 1. The van der Waals surface area contributed by atoms with Crippen molar-refractivity contribution in [2.75, 3.05) is 13.1 Å². The van der Waals surface area contributed by atoms with Gasteiger partial charge in [-0.25, -0.2) is 0 Å². The lowest BCUT2D eigenvalue weighted by Gasteiger charge is -2.15. The Morgan fingerprint density at radius 3 is 2.46 bits per heavy atom. The maximum atomic E-state index is 3.43. The first-order valence-corrected chi connectivity index (χ1v) is 5.06. The smallest absolute Gasteiger partial charge is 0.00208 e. The fourth-order valence-electron chi connectivity index (χ4n) is 2.37. The molecule has 1 aliphatic heterocycles. The topological polar surface area (TPSA) is 12.0 Å². The average Bonchev–Trinajstić information content (AvgIpc) is 2.57. The molecule has 0 amide bonds. The molecule has 1 aromatic carbocycles. The quantitative estimate of drug-likeness (QED) is 0.691. The highest BCUT2D eigenvalue weighted by Gasteiger charge is 2.19. The van der Waals surface area contributed by atoms with Gasteiger partial charge in [-0.2, -0.15) is 0 Å². The van der Waals surface area contributed by atoms with E-state index in [4.69, 9.17) is 0 Å². The van der Waals surface area contributed by atoms with E-state index < -0.39 is 0 Å². The standard InChI is InChI=1S/C12H17N/c1-9-4-3-5-10(2)12(9)11-6-7-13-8-11/h3-5,11,13H,6-8H2,1-2H3/t11-/m1/s1. The predicted octanol–water partition coefficient (Wildman–Crippen LogP) is 2.38. The van der Waals surface area contributed by atoms with Crippen molar-refractivity contribution in [2.45, 2.75) is 26.2 Å². The highest BCUT2D eigenvalue weighted by Crippen LogP contribution is 2.27. The van der Waals surface area contributed by atoms with Crippen molar-refractivity contribution in [3.05, 3.63) is 34.9 Å². The first kappa shape index (κ1) is 8.76. The zero-order chi connectivity index (χ0) is 9.26. The summed E-state index contributed by atoms with van der Waals surface area (Å²) in [6.45, 7) is 6.78. The van der Waals surface area contributed by atoms with Crippen molar-refractivity contribution in [1.82, 2.24) is 5.32 Å². The number of hydrogen-bond donors (Lipinski definition) is 1. The molecule has 0 bridgehead atoms. The van der Waals surface area contributed by atoms with Gasteiger partial charge >= 0.3 is 0 Å². The highest BCUT2D eigenvalue weighted by molar-refractivity contribution is 5.37. The number of aryl methyl sites for hydroxylation is 2. The van der Waals surface area contributed by atoms with Crippen LogP contribution in [-0.4, -0.2) is 13.1 Å². The van der Waals surface area contributed by atoms with Crippen LogP contribution < -0.4 is 5.32 Å². The van der Waals surface area contributed by atoms with Gasteiger partial charge < -0.3 is 5.32 Å². The third-order valence-corrected chi connectivity index (χ3v) is 3.01. The summed E-state index contributed by atoms with van der Waals surface area (Å²) < 4.78 is 0. The van der Waals surface area contributed by atoms with Crippen molar-refractivity contribution in [1.29, 1.82) is 0 Å². The molecular weight excluding hydrogens is 158 g/mol. The van der Waals surface area contributed by atoms with Crippen LogP contribution in [0, 0.1) is 13.8 Å². The molecule has 0 aliphatic carbocycles. The predicted molar refractivity (Wildman–Crippen MR) is 56.1 cm³/mol. The van der Waals surface area contributed by atoms with Crippen LogP contribution in [0.4, 0.5) is 0 Å². The van der Waals surface area contributed by atoms with Gasteiger partial charge in [-0.1, -0.05) is 18.2 Å². The zero-order valence-corrected chi connectivity index (χ0v) is 8.43. The maximum Gasteiger partial charge on any atom is 0.00208 e. The van der Waals surface area contributed by atoms with E-state index in [9.17, 15) is 0 Å². The summed E-state index contributed by atoms with van der Waals surface area (Å²) in [7, 11) is 0. The lowest BCUT2D eigenvalue weighted by molar-refractivity contribution is 0.751. The second kappa shape index (κ2) is 3.51. The second-order valence-corrected chi connectivity index (χ2v) is 4.00. The maximum absolute atomic E-state index is 3.43. The molecule has 1 fully saturated rings. The van der Waals surface area contributed by atoms with Crippen molar-refractivity contribution in [3.8, 4) is 0 Å². The molecule has 13 heavy (non-hydrogen) atoms. The molecule has 0 saturated carbocycles.